The number of halogens is 1. The molecule has 2 aromatic carbocycles. The summed E-state index contributed by atoms with van der Waals surface area (Å²) in [4.78, 5) is 12.3. The fourth-order valence-electron chi connectivity index (χ4n) is 3.04. The molecule has 24 heavy (non-hydrogen) atoms. The molecule has 4 N–H and O–H groups in total. The molecule has 5 heteroatoms. The Labute approximate surface area is 149 Å². The first-order valence-electron chi connectivity index (χ1n) is 8.19. The van der Waals surface area contributed by atoms with Crippen molar-refractivity contribution in [1.29, 1.82) is 0 Å². The molecule has 2 atom stereocenters. The number of rotatable bonds is 4. The van der Waals surface area contributed by atoms with E-state index in [1.165, 1.54) is 0 Å². The Balaban J connectivity index is 0.00000208. The summed E-state index contributed by atoms with van der Waals surface area (Å²) in [5.74, 6) is 0.129. The average molecular weight is 346 g/mol. The van der Waals surface area contributed by atoms with Gasteiger partial charge in [-0.25, -0.2) is 0 Å². The summed E-state index contributed by atoms with van der Waals surface area (Å²) in [6.07, 6.45) is 3.80. The van der Waals surface area contributed by atoms with Gasteiger partial charge in [-0.1, -0.05) is 24.6 Å². The zero-order chi connectivity index (χ0) is 16.1. The zero-order valence-electron chi connectivity index (χ0n) is 13.6. The predicted molar refractivity (Wildman–Crippen MR) is 102 cm³/mol. The van der Waals surface area contributed by atoms with E-state index in [1.54, 1.807) is 0 Å². The monoisotopic (exact) mass is 345 g/mol. The fraction of sp³-hybridized carbons (Fsp3) is 0.316. The van der Waals surface area contributed by atoms with E-state index >= 15 is 0 Å². The highest BCUT2D eigenvalue weighted by Gasteiger charge is 2.25. The van der Waals surface area contributed by atoms with Gasteiger partial charge in [0.05, 0.1) is 0 Å². The number of carbonyl (C=O) groups is 1. The van der Waals surface area contributed by atoms with E-state index in [1.807, 2.05) is 54.6 Å². The lowest BCUT2D eigenvalue weighted by molar-refractivity contribution is -0.120. The Bertz CT molecular complexity index is 645. The van der Waals surface area contributed by atoms with Crippen LogP contribution in [0, 0.1) is 5.92 Å². The van der Waals surface area contributed by atoms with Crippen LogP contribution in [0.15, 0.2) is 54.6 Å². The van der Waals surface area contributed by atoms with Gasteiger partial charge >= 0.3 is 0 Å². The first kappa shape index (κ1) is 18.3. The fourth-order valence-corrected chi connectivity index (χ4v) is 3.04. The molecule has 1 amide bonds. The van der Waals surface area contributed by atoms with Gasteiger partial charge in [0.2, 0.25) is 5.91 Å². The van der Waals surface area contributed by atoms with Crippen LogP contribution in [0.2, 0.25) is 0 Å². The summed E-state index contributed by atoms with van der Waals surface area (Å²) in [6, 6.07) is 17.9. The third-order valence-corrected chi connectivity index (χ3v) is 4.30. The number of nitrogens with one attached hydrogen (secondary N) is 2. The normalized spacial score (nSPS) is 19.9. The van der Waals surface area contributed by atoms with Crippen LogP contribution < -0.4 is 16.4 Å². The molecule has 0 aromatic heterocycles. The number of nitrogens with two attached hydrogens (primary N) is 1. The lowest BCUT2D eigenvalue weighted by Crippen LogP contribution is -2.34. The maximum atomic E-state index is 12.3. The molecule has 128 valence electrons. The van der Waals surface area contributed by atoms with Gasteiger partial charge in [0.15, 0.2) is 0 Å². The highest BCUT2D eigenvalue weighted by atomic mass is 35.5. The van der Waals surface area contributed by atoms with Crippen molar-refractivity contribution < 1.29 is 4.79 Å². The van der Waals surface area contributed by atoms with Gasteiger partial charge in [0.25, 0.3) is 0 Å². The minimum Gasteiger partial charge on any atom is -0.356 e. The minimum atomic E-state index is 0. The molecule has 2 aromatic rings. The Hall–Kier alpha value is -2.04. The molecule has 0 aliphatic heterocycles. The minimum absolute atomic E-state index is 0. The molecule has 0 spiro atoms. The summed E-state index contributed by atoms with van der Waals surface area (Å²) in [5.41, 5.74) is 8.82. The number of benzene rings is 2. The molecule has 0 radical (unpaired) electrons. The van der Waals surface area contributed by atoms with Crippen LogP contribution in [0.25, 0.3) is 0 Å². The Kier molecular flexibility index (Phi) is 6.64. The molecule has 2 unspecified atom stereocenters. The lowest BCUT2D eigenvalue weighted by atomic mass is 9.85. The highest BCUT2D eigenvalue weighted by Crippen LogP contribution is 2.25. The predicted octanol–water partition coefficient (Wildman–Crippen LogP) is 4.31. The maximum absolute atomic E-state index is 12.3. The van der Waals surface area contributed by atoms with Crippen molar-refractivity contribution in [1.82, 2.24) is 0 Å². The summed E-state index contributed by atoms with van der Waals surface area (Å²) >= 11 is 0. The molecule has 0 saturated heterocycles. The van der Waals surface area contributed by atoms with E-state index in [2.05, 4.69) is 10.6 Å². The SMILES string of the molecule is Cl.NC1CCCC(C(=O)Nc2ccc(Nc3ccccc3)cc2)C1. The molecule has 3 rings (SSSR count). The van der Waals surface area contributed by atoms with Gasteiger partial charge in [-0.15, -0.1) is 12.4 Å². The number of anilines is 3. The molecular formula is C19H24ClN3O. The quantitative estimate of drug-likeness (QED) is 0.773. The molecule has 1 fully saturated rings. The number of carbonyl (C=O) groups excluding carboxylic acids is 1. The first-order chi connectivity index (χ1) is 11.2. The second-order valence-corrected chi connectivity index (χ2v) is 6.18. The van der Waals surface area contributed by atoms with Crippen molar-refractivity contribution in [3.63, 3.8) is 0 Å². The maximum Gasteiger partial charge on any atom is 0.227 e. The molecule has 0 heterocycles. The van der Waals surface area contributed by atoms with Crippen molar-refractivity contribution >= 4 is 35.4 Å². The van der Waals surface area contributed by atoms with E-state index in [0.29, 0.717) is 0 Å². The van der Waals surface area contributed by atoms with E-state index in [9.17, 15) is 4.79 Å². The van der Waals surface area contributed by atoms with Crippen LogP contribution in [0.5, 0.6) is 0 Å². The molecule has 1 aliphatic rings. The van der Waals surface area contributed by atoms with Crippen LogP contribution in [0.4, 0.5) is 17.1 Å². The largest absolute Gasteiger partial charge is 0.356 e. The van der Waals surface area contributed by atoms with Gasteiger partial charge in [-0.05, 0) is 55.7 Å². The molecule has 1 aliphatic carbocycles. The van der Waals surface area contributed by atoms with Crippen LogP contribution in [-0.4, -0.2) is 11.9 Å². The molecule has 1 saturated carbocycles. The smallest absolute Gasteiger partial charge is 0.227 e. The second-order valence-electron chi connectivity index (χ2n) is 6.18. The zero-order valence-corrected chi connectivity index (χ0v) is 14.4. The van der Waals surface area contributed by atoms with E-state index in [0.717, 1.165) is 42.7 Å². The first-order valence-corrected chi connectivity index (χ1v) is 8.19. The summed E-state index contributed by atoms with van der Waals surface area (Å²) in [6.45, 7) is 0. The Morgan fingerprint density at radius 3 is 2.21 bits per heavy atom. The number of amides is 1. The lowest BCUT2D eigenvalue weighted by Gasteiger charge is -2.25. The summed E-state index contributed by atoms with van der Waals surface area (Å²) in [5, 5.41) is 6.33. The topological polar surface area (TPSA) is 67.2 Å². The molecular weight excluding hydrogens is 322 g/mol. The van der Waals surface area contributed by atoms with E-state index < -0.39 is 0 Å². The summed E-state index contributed by atoms with van der Waals surface area (Å²) in [7, 11) is 0. The van der Waals surface area contributed by atoms with Crippen LogP contribution in [-0.2, 0) is 4.79 Å². The standard InChI is InChI=1S/C19H23N3O.ClH/c20-15-6-4-5-14(13-15)19(23)22-18-11-9-17(10-12-18)21-16-7-2-1-3-8-16;/h1-3,7-12,14-15,21H,4-6,13,20H2,(H,22,23);1H. The van der Waals surface area contributed by atoms with Crippen LogP contribution in [0.1, 0.15) is 25.7 Å². The van der Waals surface area contributed by atoms with Crippen molar-refractivity contribution in [3.05, 3.63) is 54.6 Å². The Morgan fingerprint density at radius 1 is 0.917 bits per heavy atom. The number of hydrogen-bond donors (Lipinski definition) is 3. The van der Waals surface area contributed by atoms with Crippen molar-refractivity contribution in [2.75, 3.05) is 10.6 Å². The van der Waals surface area contributed by atoms with Crippen molar-refractivity contribution in [2.45, 2.75) is 31.7 Å². The third-order valence-electron chi connectivity index (χ3n) is 4.30. The van der Waals surface area contributed by atoms with E-state index in [-0.39, 0.29) is 30.3 Å². The van der Waals surface area contributed by atoms with Gasteiger partial charge in [0, 0.05) is 29.0 Å². The molecule has 0 bridgehead atoms. The number of para-hydroxylation sites is 1. The van der Waals surface area contributed by atoms with Gasteiger partial charge in [-0.3, -0.25) is 4.79 Å². The van der Waals surface area contributed by atoms with E-state index in [4.69, 9.17) is 5.73 Å². The van der Waals surface area contributed by atoms with Gasteiger partial charge < -0.3 is 16.4 Å². The molecule has 4 nitrogen and oxygen atoms in total. The van der Waals surface area contributed by atoms with Gasteiger partial charge in [-0.2, -0.15) is 0 Å². The number of hydrogen-bond acceptors (Lipinski definition) is 3. The van der Waals surface area contributed by atoms with Crippen LogP contribution in [0.3, 0.4) is 0 Å². The summed E-state index contributed by atoms with van der Waals surface area (Å²) < 4.78 is 0. The van der Waals surface area contributed by atoms with Gasteiger partial charge in [0.1, 0.15) is 0 Å². The van der Waals surface area contributed by atoms with Crippen LogP contribution >= 0.6 is 12.4 Å². The average Bonchev–Trinajstić information content (AvgIpc) is 2.57. The Morgan fingerprint density at radius 2 is 1.54 bits per heavy atom. The highest BCUT2D eigenvalue weighted by molar-refractivity contribution is 5.92. The second kappa shape index (κ2) is 8.71. The van der Waals surface area contributed by atoms with Crippen molar-refractivity contribution in [2.24, 2.45) is 11.7 Å². The van der Waals surface area contributed by atoms with Crippen molar-refractivity contribution in [3.8, 4) is 0 Å². The third kappa shape index (κ3) is 4.98.